The quantitative estimate of drug-likeness (QED) is 0.670. The van der Waals surface area contributed by atoms with Crippen LogP contribution in [0.25, 0.3) is 0 Å². The highest BCUT2D eigenvalue weighted by Crippen LogP contribution is 2.17. The Balaban J connectivity index is 1.79. The molecule has 4 nitrogen and oxygen atoms in total. The zero-order valence-electron chi connectivity index (χ0n) is 15.4. The van der Waals surface area contributed by atoms with Crippen molar-refractivity contribution in [2.24, 2.45) is 0 Å². The molecule has 0 saturated carbocycles. The first-order valence-corrected chi connectivity index (χ1v) is 9.67. The molecule has 0 aliphatic rings. The van der Waals surface area contributed by atoms with E-state index in [-0.39, 0.29) is 11.8 Å². The van der Waals surface area contributed by atoms with E-state index in [1.54, 1.807) is 6.07 Å². The lowest BCUT2D eigenvalue weighted by Crippen LogP contribution is -2.45. The Morgan fingerprint density at radius 2 is 1.78 bits per heavy atom. The number of amides is 2. The number of nitrogens with one attached hydrogen (secondary N) is 2. The van der Waals surface area contributed by atoms with Gasteiger partial charge in [0.25, 0.3) is 5.91 Å². The number of aryl methyl sites for hydroxylation is 2. The lowest BCUT2D eigenvalue weighted by atomic mass is 10.0. The molecule has 2 N–H and O–H groups in total. The first-order chi connectivity index (χ1) is 13.0. The van der Waals surface area contributed by atoms with E-state index in [2.05, 4.69) is 10.6 Å². The third-order valence-electron chi connectivity index (χ3n) is 4.29. The maximum atomic E-state index is 12.9. The molecular formula is C22H22N2O2S. The van der Waals surface area contributed by atoms with Gasteiger partial charge in [0.1, 0.15) is 6.04 Å². The lowest BCUT2D eigenvalue weighted by Gasteiger charge is -2.19. The Hall–Kier alpha value is -2.92. The highest BCUT2D eigenvalue weighted by Gasteiger charge is 2.23. The van der Waals surface area contributed by atoms with Gasteiger partial charge in [-0.15, -0.1) is 11.3 Å². The van der Waals surface area contributed by atoms with Crippen molar-refractivity contribution in [3.63, 3.8) is 0 Å². The molecule has 138 valence electrons. The fourth-order valence-corrected chi connectivity index (χ4v) is 3.50. The van der Waals surface area contributed by atoms with Gasteiger partial charge in [0.05, 0.1) is 4.88 Å². The summed E-state index contributed by atoms with van der Waals surface area (Å²) in [6.45, 7) is 3.97. The van der Waals surface area contributed by atoms with E-state index in [0.29, 0.717) is 11.3 Å². The van der Waals surface area contributed by atoms with E-state index >= 15 is 0 Å². The molecular weight excluding hydrogens is 356 g/mol. The van der Waals surface area contributed by atoms with Crippen molar-refractivity contribution in [3.05, 3.63) is 87.6 Å². The Morgan fingerprint density at radius 1 is 1.00 bits per heavy atom. The van der Waals surface area contributed by atoms with Crippen LogP contribution in [0.15, 0.2) is 66.0 Å². The molecule has 0 saturated heterocycles. The van der Waals surface area contributed by atoms with Crippen molar-refractivity contribution in [2.75, 3.05) is 5.32 Å². The third-order valence-corrected chi connectivity index (χ3v) is 5.16. The summed E-state index contributed by atoms with van der Waals surface area (Å²) < 4.78 is 0. The maximum Gasteiger partial charge on any atom is 0.262 e. The number of hydrogen-bond acceptors (Lipinski definition) is 3. The number of thiophene rings is 1. The summed E-state index contributed by atoms with van der Waals surface area (Å²) in [7, 11) is 0. The average Bonchev–Trinajstić information content (AvgIpc) is 3.19. The van der Waals surface area contributed by atoms with E-state index in [1.165, 1.54) is 11.3 Å². The summed E-state index contributed by atoms with van der Waals surface area (Å²) >= 11 is 1.36. The summed E-state index contributed by atoms with van der Waals surface area (Å²) in [4.78, 5) is 26.0. The molecule has 2 aromatic carbocycles. The molecule has 0 radical (unpaired) electrons. The smallest absolute Gasteiger partial charge is 0.262 e. The van der Waals surface area contributed by atoms with Crippen LogP contribution in [0.4, 0.5) is 5.69 Å². The van der Waals surface area contributed by atoms with Gasteiger partial charge in [-0.05, 0) is 42.5 Å². The summed E-state index contributed by atoms with van der Waals surface area (Å²) in [5.41, 5.74) is 3.88. The van der Waals surface area contributed by atoms with Gasteiger partial charge in [0.2, 0.25) is 5.91 Å². The van der Waals surface area contributed by atoms with Crippen molar-refractivity contribution in [1.82, 2.24) is 5.32 Å². The minimum atomic E-state index is -0.664. The van der Waals surface area contributed by atoms with Gasteiger partial charge in [0, 0.05) is 12.1 Å². The second kappa shape index (κ2) is 8.64. The minimum absolute atomic E-state index is 0.226. The van der Waals surface area contributed by atoms with E-state index in [0.717, 1.165) is 22.4 Å². The van der Waals surface area contributed by atoms with Crippen LogP contribution in [0.3, 0.4) is 0 Å². The highest BCUT2D eigenvalue weighted by atomic mass is 32.1. The topological polar surface area (TPSA) is 58.2 Å². The van der Waals surface area contributed by atoms with Crippen LogP contribution in [0.5, 0.6) is 0 Å². The second-order valence-corrected chi connectivity index (χ2v) is 7.45. The number of rotatable bonds is 6. The summed E-state index contributed by atoms with van der Waals surface area (Å²) in [5, 5.41) is 7.68. The zero-order chi connectivity index (χ0) is 19.2. The molecule has 5 heteroatoms. The van der Waals surface area contributed by atoms with Crippen molar-refractivity contribution in [2.45, 2.75) is 26.3 Å². The Labute approximate surface area is 163 Å². The standard InChI is InChI=1S/C22H22N2O2S/c1-15-10-11-18(16(2)13-15)23-21(25)19(14-17-7-4-3-5-8-17)24-22(26)20-9-6-12-27-20/h3-13,19H,14H2,1-2H3,(H,23,25)(H,24,26). The van der Waals surface area contributed by atoms with Crippen molar-refractivity contribution in [1.29, 1.82) is 0 Å². The van der Waals surface area contributed by atoms with Crippen LogP contribution in [0, 0.1) is 13.8 Å². The largest absolute Gasteiger partial charge is 0.339 e. The van der Waals surface area contributed by atoms with Crippen molar-refractivity contribution >= 4 is 28.8 Å². The SMILES string of the molecule is Cc1ccc(NC(=O)C(Cc2ccccc2)NC(=O)c2cccs2)c(C)c1. The summed E-state index contributed by atoms with van der Waals surface area (Å²) in [6, 6.07) is 18.5. The fourth-order valence-electron chi connectivity index (χ4n) is 2.87. The van der Waals surface area contributed by atoms with Crippen LogP contribution in [-0.2, 0) is 11.2 Å². The first-order valence-electron chi connectivity index (χ1n) is 8.79. The molecule has 1 atom stereocenters. The predicted molar refractivity (Wildman–Crippen MR) is 110 cm³/mol. The molecule has 2 amide bonds. The molecule has 0 fully saturated rings. The molecule has 0 bridgehead atoms. The molecule has 1 heterocycles. The Bertz CT molecular complexity index is 921. The van der Waals surface area contributed by atoms with Gasteiger partial charge < -0.3 is 10.6 Å². The van der Waals surface area contributed by atoms with Gasteiger partial charge in [0.15, 0.2) is 0 Å². The van der Waals surface area contributed by atoms with Crippen LogP contribution in [0.2, 0.25) is 0 Å². The fraction of sp³-hybridized carbons (Fsp3) is 0.182. The number of carbonyl (C=O) groups excluding carboxylic acids is 2. The van der Waals surface area contributed by atoms with Gasteiger partial charge in [-0.3, -0.25) is 9.59 Å². The third kappa shape index (κ3) is 5.05. The molecule has 27 heavy (non-hydrogen) atoms. The van der Waals surface area contributed by atoms with Gasteiger partial charge in [-0.2, -0.15) is 0 Å². The van der Waals surface area contributed by atoms with Gasteiger partial charge in [-0.1, -0.05) is 54.1 Å². The zero-order valence-corrected chi connectivity index (χ0v) is 16.2. The maximum absolute atomic E-state index is 12.9. The predicted octanol–water partition coefficient (Wildman–Crippen LogP) is 4.34. The van der Waals surface area contributed by atoms with E-state index in [4.69, 9.17) is 0 Å². The molecule has 3 rings (SSSR count). The second-order valence-electron chi connectivity index (χ2n) is 6.50. The highest BCUT2D eigenvalue weighted by molar-refractivity contribution is 7.12. The van der Waals surface area contributed by atoms with Crippen LogP contribution < -0.4 is 10.6 Å². The van der Waals surface area contributed by atoms with E-state index in [1.807, 2.05) is 73.8 Å². The average molecular weight is 378 g/mol. The first kappa shape index (κ1) is 18.9. The Morgan fingerprint density at radius 3 is 2.44 bits per heavy atom. The normalized spacial score (nSPS) is 11.6. The number of anilines is 1. The van der Waals surface area contributed by atoms with Gasteiger partial charge in [-0.25, -0.2) is 0 Å². The van der Waals surface area contributed by atoms with Crippen LogP contribution in [0.1, 0.15) is 26.4 Å². The Kier molecular flexibility index (Phi) is 6.04. The van der Waals surface area contributed by atoms with Crippen molar-refractivity contribution in [3.8, 4) is 0 Å². The van der Waals surface area contributed by atoms with Crippen LogP contribution in [-0.4, -0.2) is 17.9 Å². The summed E-state index contributed by atoms with van der Waals surface area (Å²) in [6.07, 6.45) is 0.425. The number of hydrogen-bond donors (Lipinski definition) is 2. The summed E-state index contributed by atoms with van der Waals surface area (Å²) in [5.74, 6) is -0.461. The molecule has 0 aliphatic heterocycles. The molecule has 0 aliphatic carbocycles. The van der Waals surface area contributed by atoms with E-state index < -0.39 is 6.04 Å². The van der Waals surface area contributed by atoms with Crippen molar-refractivity contribution < 1.29 is 9.59 Å². The number of benzene rings is 2. The monoisotopic (exact) mass is 378 g/mol. The molecule has 0 spiro atoms. The number of carbonyl (C=O) groups is 2. The molecule has 1 aromatic heterocycles. The lowest BCUT2D eigenvalue weighted by molar-refractivity contribution is -0.118. The van der Waals surface area contributed by atoms with Crippen LogP contribution >= 0.6 is 11.3 Å². The molecule has 1 unspecified atom stereocenters. The molecule has 3 aromatic rings. The minimum Gasteiger partial charge on any atom is -0.339 e. The van der Waals surface area contributed by atoms with Gasteiger partial charge >= 0.3 is 0 Å². The van der Waals surface area contributed by atoms with E-state index in [9.17, 15) is 9.59 Å².